The van der Waals surface area contributed by atoms with Gasteiger partial charge < -0.3 is 15.2 Å². The minimum Gasteiger partial charge on any atom is -0.356 e. The van der Waals surface area contributed by atoms with Crippen LogP contribution in [0.5, 0.6) is 0 Å². The van der Waals surface area contributed by atoms with Crippen LogP contribution in [0.25, 0.3) is 5.65 Å². The Morgan fingerprint density at radius 3 is 2.67 bits per heavy atom. The van der Waals surface area contributed by atoms with Crippen molar-refractivity contribution in [3.63, 3.8) is 0 Å². The fourth-order valence-corrected chi connectivity index (χ4v) is 2.56. The van der Waals surface area contributed by atoms with Gasteiger partial charge in [-0.05, 0) is 30.7 Å². The van der Waals surface area contributed by atoms with Crippen molar-refractivity contribution in [2.24, 2.45) is 4.99 Å². The molecule has 0 saturated carbocycles. The van der Waals surface area contributed by atoms with E-state index in [-0.39, 0.29) is 0 Å². The number of nitrogens with zero attached hydrogens (tertiary/aromatic N) is 5. The Labute approximate surface area is 141 Å². The number of rotatable bonds is 7. The summed E-state index contributed by atoms with van der Waals surface area (Å²) in [7, 11) is 1.79. The maximum atomic E-state index is 4.25. The van der Waals surface area contributed by atoms with E-state index in [0.29, 0.717) is 0 Å². The van der Waals surface area contributed by atoms with E-state index in [9.17, 15) is 0 Å². The van der Waals surface area contributed by atoms with E-state index in [4.69, 9.17) is 0 Å². The maximum absolute atomic E-state index is 4.25. The van der Waals surface area contributed by atoms with E-state index in [2.05, 4.69) is 42.8 Å². The highest BCUT2D eigenvalue weighted by Gasteiger charge is 2.04. The van der Waals surface area contributed by atoms with Crippen LogP contribution in [0.2, 0.25) is 0 Å². The highest BCUT2D eigenvalue weighted by molar-refractivity contribution is 5.79. The molecular weight excluding hydrogens is 302 g/mol. The van der Waals surface area contributed by atoms with Crippen molar-refractivity contribution in [1.29, 1.82) is 0 Å². The molecule has 0 fully saturated rings. The molecule has 3 heterocycles. The molecule has 0 bridgehead atoms. The molecule has 3 aromatic heterocycles. The highest BCUT2D eigenvalue weighted by Crippen LogP contribution is 2.04. The third-order valence-electron chi connectivity index (χ3n) is 3.81. The van der Waals surface area contributed by atoms with Crippen molar-refractivity contribution < 1.29 is 0 Å². The van der Waals surface area contributed by atoms with Crippen LogP contribution in [0.1, 0.15) is 12.2 Å². The van der Waals surface area contributed by atoms with E-state index in [1.807, 2.05) is 40.9 Å². The largest absolute Gasteiger partial charge is 0.356 e. The molecular formula is C17H23N7. The van der Waals surface area contributed by atoms with E-state index in [1.165, 1.54) is 0 Å². The summed E-state index contributed by atoms with van der Waals surface area (Å²) in [6, 6.07) is 9.99. The van der Waals surface area contributed by atoms with Crippen LogP contribution in [0, 0.1) is 0 Å². The Bertz CT molecular complexity index is 773. The number of aryl methyl sites for hydroxylation is 1. The Morgan fingerprint density at radius 1 is 1.04 bits per heavy atom. The Kier molecular flexibility index (Phi) is 5.44. The summed E-state index contributed by atoms with van der Waals surface area (Å²) in [6.07, 6.45) is 7.95. The lowest BCUT2D eigenvalue weighted by atomic mass is 10.3. The van der Waals surface area contributed by atoms with Crippen molar-refractivity contribution >= 4 is 11.6 Å². The molecule has 0 amide bonds. The van der Waals surface area contributed by atoms with Crippen molar-refractivity contribution in [1.82, 2.24) is 29.8 Å². The smallest absolute Gasteiger partial charge is 0.191 e. The third-order valence-corrected chi connectivity index (χ3v) is 3.81. The van der Waals surface area contributed by atoms with Crippen LogP contribution in [0.4, 0.5) is 0 Å². The summed E-state index contributed by atoms with van der Waals surface area (Å²) in [5.41, 5.74) is 0.892. The fourth-order valence-electron chi connectivity index (χ4n) is 2.56. The summed E-state index contributed by atoms with van der Waals surface area (Å²) in [4.78, 5) is 4.24. The summed E-state index contributed by atoms with van der Waals surface area (Å²) in [5.74, 6) is 1.82. The minimum absolute atomic E-state index is 0.827. The van der Waals surface area contributed by atoms with Gasteiger partial charge in [0.05, 0.1) is 0 Å². The first-order chi connectivity index (χ1) is 11.9. The van der Waals surface area contributed by atoms with Crippen molar-refractivity contribution in [3.05, 3.63) is 54.7 Å². The van der Waals surface area contributed by atoms with Crippen LogP contribution >= 0.6 is 0 Å². The van der Waals surface area contributed by atoms with Crippen molar-refractivity contribution in [2.45, 2.75) is 19.4 Å². The highest BCUT2D eigenvalue weighted by atomic mass is 15.2. The molecule has 7 heteroatoms. The van der Waals surface area contributed by atoms with Crippen molar-refractivity contribution in [2.75, 3.05) is 20.1 Å². The molecule has 0 atom stereocenters. The number of aliphatic imine (C=N–C) groups is 1. The van der Waals surface area contributed by atoms with Gasteiger partial charge in [-0.15, -0.1) is 10.2 Å². The lowest BCUT2D eigenvalue weighted by molar-refractivity contribution is 0.658. The predicted octanol–water partition coefficient (Wildman–Crippen LogP) is 1.33. The standard InChI is InChI=1S/C17H23N7/c1-18-17(20-10-14-23-11-4-5-12-23)19-9-6-8-16-22-21-15-7-2-3-13-24(15)16/h2-5,7,11-13H,6,8-10,14H2,1H3,(H2,18,19,20). The lowest BCUT2D eigenvalue weighted by Gasteiger charge is -2.12. The number of hydrogen-bond donors (Lipinski definition) is 2. The average Bonchev–Trinajstić information content (AvgIpc) is 3.27. The second kappa shape index (κ2) is 8.14. The zero-order valence-electron chi connectivity index (χ0n) is 13.9. The number of hydrogen-bond acceptors (Lipinski definition) is 3. The summed E-state index contributed by atoms with van der Waals surface area (Å²) < 4.78 is 4.17. The zero-order chi connectivity index (χ0) is 16.6. The first-order valence-electron chi connectivity index (χ1n) is 8.21. The molecule has 0 aliphatic rings. The Balaban J connectivity index is 1.38. The van der Waals surface area contributed by atoms with Crippen molar-refractivity contribution in [3.8, 4) is 0 Å². The fraction of sp³-hybridized carbons (Fsp3) is 0.353. The molecule has 126 valence electrons. The van der Waals surface area contributed by atoms with Crippen LogP contribution in [-0.4, -0.2) is 45.3 Å². The van der Waals surface area contributed by atoms with Crippen LogP contribution in [0.3, 0.4) is 0 Å². The quantitative estimate of drug-likeness (QED) is 0.390. The monoisotopic (exact) mass is 325 g/mol. The van der Waals surface area contributed by atoms with Crippen LogP contribution in [-0.2, 0) is 13.0 Å². The van der Waals surface area contributed by atoms with Gasteiger partial charge in [0, 0.05) is 51.7 Å². The van der Waals surface area contributed by atoms with Gasteiger partial charge in [-0.2, -0.15) is 0 Å². The number of aromatic nitrogens is 4. The molecule has 0 aromatic carbocycles. The molecule has 3 rings (SSSR count). The maximum Gasteiger partial charge on any atom is 0.191 e. The molecule has 0 aliphatic heterocycles. The van der Waals surface area contributed by atoms with Gasteiger partial charge in [0.25, 0.3) is 0 Å². The van der Waals surface area contributed by atoms with Gasteiger partial charge in [0.2, 0.25) is 0 Å². The average molecular weight is 325 g/mol. The van der Waals surface area contributed by atoms with Gasteiger partial charge in [-0.1, -0.05) is 6.07 Å². The molecule has 0 saturated heterocycles. The molecule has 2 N–H and O–H groups in total. The SMILES string of the molecule is CN=C(NCCCc1nnc2ccccn12)NCCn1cccc1. The van der Waals surface area contributed by atoms with E-state index in [1.54, 1.807) is 7.05 Å². The van der Waals surface area contributed by atoms with Crippen LogP contribution in [0.15, 0.2) is 53.9 Å². The minimum atomic E-state index is 0.827. The van der Waals surface area contributed by atoms with Gasteiger partial charge in [-0.25, -0.2) is 0 Å². The summed E-state index contributed by atoms with van der Waals surface area (Å²) >= 11 is 0. The normalized spacial score (nSPS) is 11.8. The van der Waals surface area contributed by atoms with Gasteiger partial charge >= 0.3 is 0 Å². The molecule has 0 aliphatic carbocycles. The molecule has 0 spiro atoms. The molecule has 3 aromatic rings. The Morgan fingerprint density at radius 2 is 1.83 bits per heavy atom. The molecule has 24 heavy (non-hydrogen) atoms. The van der Waals surface area contributed by atoms with E-state index < -0.39 is 0 Å². The second-order valence-corrected chi connectivity index (χ2v) is 5.50. The molecule has 0 unspecified atom stereocenters. The number of nitrogens with one attached hydrogen (secondary N) is 2. The molecule has 7 nitrogen and oxygen atoms in total. The van der Waals surface area contributed by atoms with Gasteiger partial charge in [-0.3, -0.25) is 9.39 Å². The summed E-state index contributed by atoms with van der Waals surface area (Å²) in [5, 5.41) is 15.1. The van der Waals surface area contributed by atoms with Gasteiger partial charge in [0.1, 0.15) is 5.82 Å². The topological polar surface area (TPSA) is 71.5 Å². The molecule has 0 radical (unpaired) electrons. The number of fused-ring (bicyclic) bond motifs is 1. The second-order valence-electron chi connectivity index (χ2n) is 5.50. The lowest BCUT2D eigenvalue weighted by Crippen LogP contribution is -2.39. The zero-order valence-corrected chi connectivity index (χ0v) is 13.9. The van der Waals surface area contributed by atoms with E-state index >= 15 is 0 Å². The van der Waals surface area contributed by atoms with E-state index in [0.717, 1.165) is 49.9 Å². The van der Waals surface area contributed by atoms with Crippen LogP contribution < -0.4 is 10.6 Å². The first kappa shape index (κ1) is 16.0. The number of pyridine rings is 1. The third kappa shape index (κ3) is 4.13. The Hall–Kier alpha value is -2.83. The summed E-state index contributed by atoms with van der Waals surface area (Å²) in [6.45, 7) is 2.59. The number of guanidine groups is 1. The van der Waals surface area contributed by atoms with Gasteiger partial charge in [0.15, 0.2) is 11.6 Å². The first-order valence-corrected chi connectivity index (χ1v) is 8.21. The predicted molar refractivity (Wildman–Crippen MR) is 95.1 cm³/mol.